The number of carbonyl (C=O) groups is 3. The highest BCUT2D eigenvalue weighted by Gasteiger charge is 2.30. The molecule has 3 heterocycles. The van der Waals surface area contributed by atoms with Crippen LogP contribution in [0.25, 0.3) is 10.9 Å². The maximum atomic E-state index is 12.9. The number of likely N-dealkylation sites (tertiary alicyclic amines) is 1. The lowest BCUT2D eigenvalue weighted by molar-refractivity contribution is -0.133. The predicted octanol–water partition coefficient (Wildman–Crippen LogP) is 3.04. The Morgan fingerprint density at radius 1 is 1.32 bits per heavy atom. The van der Waals surface area contributed by atoms with Gasteiger partial charge in [-0.05, 0) is 37.6 Å². The molecule has 0 aliphatic carbocycles. The molecule has 1 aliphatic heterocycles. The van der Waals surface area contributed by atoms with Gasteiger partial charge < -0.3 is 20.1 Å². The van der Waals surface area contributed by atoms with Crippen LogP contribution in [0.3, 0.4) is 0 Å². The summed E-state index contributed by atoms with van der Waals surface area (Å²) in [7, 11) is 0. The Hall–Kier alpha value is -2.98. The van der Waals surface area contributed by atoms with Gasteiger partial charge in [0.15, 0.2) is 0 Å². The van der Waals surface area contributed by atoms with Gasteiger partial charge in [0.05, 0.1) is 16.6 Å². The molecule has 1 aliphatic rings. The van der Waals surface area contributed by atoms with Crippen LogP contribution in [0.2, 0.25) is 0 Å². The zero-order chi connectivity index (χ0) is 24.2. The molecule has 3 aromatic rings. The first-order valence-corrected chi connectivity index (χ1v) is 12.7. The largest absolute Gasteiger partial charge is 0.352 e. The predicted molar refractivity (Wildman–Crippen MR) is 136 cm³/mol. The Morgan fingerprint density at radius 2 is 2.12 bits per heavy atom. The molecule has 1 fully saturated rings. The van der Waals surface area contributed by atoms with Crippen LogP contribution in [0.5, 0.6) is 0 Å². The number of thiazole rings is 1. The second kappa shape index (κ2) is 10.5. The summed E-state index contributed by atoms with van der Waals surface area (Å²) in [6, 6.07) is 5.60. The van der Waals surface area contributed by atoms with E-state index in [0.717, 1.165) is 38.9 Å². The second-order valence-corrected chi connectivity index (χ2v) is 10.1. The van der Waals surface area contributed by atoms with Crippen LogP contribution in [-0.4, -0.2) is 57.8 Å². The van der Waals surface area contributed by atoms with E-state index in [-0.39, 0.29) is 30.3 Å². The van der Waals surface area contributed by atoms with Crippen molar-refractivity contribution in [3.63, 3.8) is 0 Å². The van der Waals surface area contributed by atoms with Gasteiger partial charge >= 0.3 is 0 Å². The third-order valence-electron chi connectivity index (χ3n) is 5.65. The molecule has 0 saturated carbocycles. The lowest BCUT2D eigenvalue weighted by Gasteiger charge is -2.38. The van der Waals surface area contributed by atoms with Crippen molar-refractivity contribution in [3.8, 4) is 0 Å². The molecule has 0 spiro atoms. The summed E-state index contributed by atoms with van der Waals surface area (Å²) in [5.74, 6) is -0.471. The number of nitrogens with one attached hydrogen (secondary N) is 2. The van der Waals surface area contributed by atoms with Crippen molar-refractivity contribution in [2.24, 2.45) is 0 Å². The van der Waals surface area contributed by atoms with E-state index < -0.39 is 0 Å². The fraction of sp³-hybridized carbons (Fsp3) is 0.333. The molecule has 8 nitrogen and oxygen atoms in total. The number of fused-ring (bicyclic) bond motifs is 1. The summed E-state index contributed by atoms with van der Waals surface area (Å²) in [4.78, 5) is 43.2. The molecular weight excluding hydrogens is 518 g/mol. The Labute approximate surface area is 210 Å². The van der Waals surface area contributed by atoms with Gasteiger partial charge in [-0.25, -0.2) is 4.98 Å². The zero-order valence-corrected chi connectivity index (χ0v) is 21.2. The van der Waals surface area contributed by atoms with Crippen molar-refractivity contribution in [2.75, 3.05) is 19.6 Å². The van der Waals surface area contributed by atoms with Crippen LogP contribution in [0, 0.1) is 6.92 Å². The number of amides is 3. The minimum Gasteiger partial charge on any atom is -0.352 e. The van der Waals surface area contributed by atoms with Gasteiger partial charge in [0.1, 0.15) is 6.54 Å². The van der Waals surface area contributed by atoms with E-state index in [0.29, 0.717) is 25.2 Å². The molecule has 0 radical (unpaired) electrons. The highest BCUT2D eigenvalue weighted by Crippen LogP contribution is 2.25. The third-order valence-corrected chi connectivity index (χ3v) is 7.17. The lowest BCUT2D eigenvalue weighted by Crippen LogP contribution is -2.61. The number of halogens is 1. The minimum absolute atomic E-state index is 0.0724. The first-order valence-electron chi connectivity index (χ1n) is 11.0. The molecule has 2 N–H and O–H groups in total. The number of benzene rings is 1. The molecule has 0 atom stereocenters. The SMILES string of the molecule is C=CC(=O)N1CC(NC(=O)Cn2cc(C(=O)NCCCc3nc(C)cs3)c3cc(Br)ccc32)C1. The molecule has 1 aromatic carbocycles. The molecule has 34 heavy (non-hydrogen) atoms. The first-order chi connectivity index (χ1) is 16.3. The highest BCUT2D eigenvalue weighted by atomic mass is 79.9. The van der Waals surface area contributed by atoms with Gasteiger partial charge in [-0.3, -0.25) is 14.4 Å². The van der Waals surface area contributed by atoms with Crippen molar-refractivity contribution in [3.05, 3.63) is 63.2 Å². The van der Waals surface area contributed by atoms with Crippen LogP contribution in [0.15, 0.2) is 46.9 Å². The lowest BCUT2D eigenvalue weighted by atomic mass is 10.1. The van der Waals surface area contributed by atoms with Gasteiger partial charge in [0.2, 0.25) is 11.8 Å². The molecule has 0 unspecified atom stereocenters. The number of aryl methyl sites for hydroxylation is 2. The normalized spacial score (nSPS) is 13.5. The summed E-state index contributed by atoms with van der Waals surface area (Å²) in [6.07, 6.45) is 4.62. The number of hydrogen-bond donors (Lipinski definition) is 2. The van der Waals surface area contributed by atoms with E-state index in [1.807, 2.05) is 30.5 Å². The smallest absolute Gasteiger partial charge is 0.253 e. The standard InChI is InChI=1S/C24H26BrN5O3S/c1-3-23(32)30-10-17(11-30)28-21(31)13-29-12-19(18-9-16(25)6-7-20(18)29)24(33)26-8-4-5-22-27-15(2)14-34-22/h3,6-7,9,12,14,17H,1,4-5,8,10-11,13H2,2H3,(H,26,33)(H,28,31). The van der Waals surface area contributed by atoms with E-state index in [4.69, 9.17) is 0 Å². The maximum absolute atomic E-state index is 12.9. The fourth-order valence-electron chi connectivity index (χ4n) is 3.94. The number of aromatic nitrogens is 2. The Balaban J connectivity index is 1.38. The van der Waals surface area contributed by atoms with Crippen LogP contribution in [0.4, 0.5) is 0 Å². The van der Waals surface area contributed by atoms with E-state index in [9.17, 15) is 14.4 Å². The summed E-state index contributed by atoms with van der Waals surface area (Å²) < 4.78 is 2.65. The molecule has 2 aromatic heterocycles. The Bertz CT molecular complexity index is 1240. The monoisotopic (exact) mass is 543 g/mol. The highest BCUT2D eigenvalue weighted by molar-refractivity contribution is 9.10. The summed E-state index contributed by atoms with van der Waals surface area (Å²) in [5, 5.41) is 9.81. The maximum Gasteiger partial charge on any atom is 0.253 e. The van der Waals surface area contributed by atoms with Crippen molar-refractivity contribution in [1.29, 1.82) is 0 Å². The fourth-order valence-corrected chi connectivity index (χ4v) is 5.12. The van der Waals surface area contributed by atoms with Crippen molar-refractivity contribution in [1.82, 2.24) is 25.1 Å². The van der Waals surface area contributed by atoms with Crippen LogP contribution < -0.4 is 10.6 Å². The van der Waals surface area contributed by atoms with Crippen LogP contribution in [-0.2, 0) is 22.6 Å². The van der Waals surface area contributed by atoms with Gasteiger partial charge in [-0.2, -0.15) is 0 Å². The van der Waals surface area contributed by atoms with E-state index in [1.165, 1.54) is 6.08 Å². The molecular formula is C24H26BrN5O3S. The quantitative estimate of drug-likeness (QED) is 0.320. The molecule has 1 saturated heterocycles. The first kappa shape index (κ1) is 24.2. The molecule has 178 valence electrons. The Kier molecular flexibility index (Phi) is 7.47. The van der Waals surface area contributed by atoms with Crippen LogP contribution in [0.1, 0.15) is 27.5 Å². The minimum atomic E-state index is -0.171. The summed E-state index contributed by atoms with van der Waals surface area (Å²) >= 11 is 5.11. The molecule has 4 rings (SSSR count). The van der Waals surface area contributed by atoms with Crippen molar-refractivity contribution >= 4 is 55.9 Å². The number of rotatable bonds is 9. The Morgan fingerprint density at radius 3 is 2.82 bits per heavy atom. The summed E-state index contributed by atoms with van der Waals surface area (Å²) in [5.41, 5.74) is 2.35. The average Bonchev–Trinajstić information content (AvgIpc) is 3.35. The van der Waals surface area contributed by atoms with Gasteiger partial charge in [-0.15, -0.1) is 11.3 Å². The van der Waals surface area contributed by atoms with Crippen molar-refractivity contribution in [2.45, 2.75) is 32.4 Å². The van der Waals surface area contributed by atoms with Gasteiger partial charge in [0.25, 0.3) is 5.91 Å². The van der Waals surface area contributed by atoms with Gasteiger partial charge in [0, 0.05) is 58.7 Å². The second-order valence-electron chi connectivity index (χ2n) is 8.29. The van der Waals surface area contributed by atoms with E-state index >= 15 is 0 Å². The number of carbonyl (C=O) groups excluding carboxylic acids is 3. The third kappa shape index (κ3) is 5.56. The zero-order valence-electron chi connectivity index (χ0n) is 18.8. The average molecular weight is 544 g/mol. The molecule has 10 heteroatoms. The van der Waals surface area contributed by atoms with Crippen LogP contribution >= 0.6 is 27.3 Å². The van der Waals surface area contributed by atoms with E-state index in [1.54, 1.807) is 27.0 Å². The number of hydrogen-bond acceptors (Lipinski definition) is 5. The topological polar surface area (TPSA) is 96.3 Å². The summed E-state index contributed by atoms with van der Waals surface area (Å²) in [6.45, 7) is 7.03. The van der Waals surface area contributed by atoms with Crippen molar-refractivity contribution < 1.29 is 14.4 Å². The molecule has 3 amide bonds. The molecule has 0 bridgehead atoms. The van der Waals surface area contributed by atoms with Gasteiger partial charge in [-0.1, -0.05) is 22.5 Å². The number of nitrogens with zero attached hydrogens (tertiary/aromatic N) is 3. The van der Waals surface area contributed by atoms with E-state index in [2.05, 4.69) is 38.1 Å².